The van der Waals surface area contributed by atoms with Gasteiger partial charge < -0.3 is 15.2 Å². The number of hydrogen-bond acceptors (Lipinski definition) is 6. The van der Waals surface area contributed by atoms with E-state index in [2.05, 4.69) is 34.5 Å². The van der Waals surface area contributed by atoms with Gasteiger partial charge in [-0.05, 0) is 44.2 Å². The average molecular weight is 478 g/mol. The molecule has 2 aromatic heterocycles. The first-order valence-electron chi connectivity index (χ1n) is 11.9. The van der Waals surface area contributed by atoms with Crippen molar-refractivity contribution in [3.05, 3.63) is 35.7 Å². The van der Waals surface area contributed by atoms with Crippen molar-refractivity contribution in [3.63, 3.8) is 0 Å². The largest absolute Gasteiger partial charge is 0.573 e. The van der Waals surface area contributed by atoms with Crippen LogP contribution < -0.4 is 10.5 Å². The molecule has 3 heterocycles. The van der Waals surface area contributed by atoms with Crippen molar-refractivity contribution >= 4 is 5.82 Å². The van der Waals surface area contributed by atoms with Crippen LogP contribution in [0.3, 0.4) is 0 Å². The highest BCUT2D eigenvalue weighted by Crippen LogP contribution is 2.60. The SMILES string of the molecule is CCC(C)n1nc(-c2cnc(N)c(OC(F)(F)F)c2)cc1C1C2=CC(N3CCCOCC3)CC21. The molecular weight excluding hydrogens is 447 g/mol. The molecule has 10 heteroatoms. The maximum Gasteiger partial charge on any atom is 0.573 e. The Balaban J connectivity index is 1.41. The summed E-state index contributed by atoms with van der Waals surface area (Å²) in [4.78, 5) is 6.42. The molecule has 4 atom stereocenters. The fourth-order valence-electron chi connectivity index (χ4n) is 5.23. The molecule has 2 aliphatic carbocycles. The molecule has 3 aliphatic rings. The molecule has 0 aromatic carbocycles. The van der Waals surface area contributed by atoms with Gasteiger partial charge in [-0.25, -0.2) is 4.98 Å². The summed E-state index contributed by atoms with van der Waals surface area (Å²) in [5.41, 5.74) is 9.17. The second kappa shape index (κ2) is 8.88. The predicted molar refractivity (Wildman–Crippen MR) is 121 cm³/mol. The summed E-state index contributed by atoms with van der Waals surface area (Å²) in [5.74, 6) is -0.0213. The number of aromatic nitrogens is 3. The zero-order chi connectivity index (χ0) is 24.0. The second-order valence-corrected chi connectivity index (χ2v) is 9.37. The number of nitrogen functional groups attached to an aromatic ring is 1. The molecule has 2 fully saturated rings. The molecule has 34 heavy (non-hydrogen) atoms. The normalized spacial score (nSPS) is 26.0. The van der Waals surface area contributed by atoms with Crippen LogP contribution in [0.4, 0.5) is 19.0 Å². The molecule has 2 aromatic rings. The van der Waals surface area contributed by atoms with Gasteiger partial charge in [0, 0.05) is 55.2 Å². The lowest BCUT2D eigenvalue weighted by atomic mass is 10.1. The summed E-state index contributed by atoms with van der Waals surface area (Å²) in [7, 11) is 0. The number of ether oxygens (including phenoxy) is 2. The van der Waals surface area contributed by atoms with Crippen molar-refractivity contribution in [3.8, 4) is 17.0 Å². The lowest BCUT2D eigenvalue weighted by Gasteiger charge is -2.26. The fourth-order valence-corrected chi connectivity index (χ4v) is 5.23. The summed E-state index contributed by atoms with van der Waals surface area (Å²) in [6.07, 6.45) is 2.05. The van der Waals surface area contributed by atoms with Crippen LogP contribution in [-0.2, 0) is 4.74 Å². The summed E-state index contributed by atoms with van der Waals surface area (Å²) in [6.45, 7) is 7.85. The highest BCUT2D eigenvalue weighted by Gasteiger charge is 2.52. The number of anilines is 1. The van der Waals surface area contributed by atoms with E-state index in [1.54, 1.807) is 0 Å². The summed E-state index contributed by atoms with van der Waals surface area (Å²) in [6, 6.07) is 3.86. The fraction of sp³-hybridized carbons (Fsp3) is 0.583. The van der Waals surface area contributed by atoms with Crippen LogP contribution in [0.5, 0.6) is 5.75 Å². The van der Waals surface area contributed by atoms with Gasteiger partial charge >= 0.3 is 6.36 Å². The third-order valence-corrected chi connectivity index (χ3v) is 7.18. The van der Waals surface area contributed by atoms with Gasteiger partial charge in [0.1, 0.15) is 0 Å². The van der Waals surface area contributed by atoms with Crippen LogP contribution in [0.1, 0.15) is 50.8 Å². The average Bonchev–Trinajstić information content (AvgIpc) is 3.13. The lowest BCUT2D eigenvalue weighted by Crippen LogP contribution is -2.35. The Bertz CT molecular complexity index is 1080. The number of fused-ring (bicyclic) bond motifs is 1. The Morgan fingerprint density at radius 3 is 2.79 bits per heavy atom. The van der Waals surface area contributed by atoms with Gasteiger partial charge in [-0.1, -0.05) is 18.6 Å². The van der Waals surface area contributed by atoms with Crippen molar-refractivity contribution in [2.75, 3.05) is 32.0 Å². The maximum atomic E-state index is 12.8. The molecule has 184 valence electrons. The van der Waals surface area contributed by atoms with Crippen LogP contribution in [0.25, 0.3) is 11.3 Å². The van der Waals surface area contributed by atoms with Gasteiger partial charge in [0.25, 0.3) is 0 Å². The first-order chi connectivity index (χ1) is 16.2. The van der Waals surface area contributed by atoms with Crippen molar-refractivity contribution in [1.29, 1.82) is 0 Å². The van der Waals surface area contributed by atoms with Gasteiger partial charge in [-0.3, -0.25) is 9.58 Å². The topological polar surface area (TPSA) is 78.4 Å². The number of halogens is 3. The quantitative estimate of drug-likeness (QED) is 0.616. The van der Waals surface area contributed by atoms with E-state index in [0.29, 0.717) is 29.1 Å². The Hall–Kier alpha value is -2.59. The molecule has 1 aliphatic heterocycles. The number of allylic oxidation sites excluding steroid dienone is 1. The Kier molecular flexibility index (Phi) is 6.05. The molecule has 7 nitrogen and oxygen atoms in total. The van der Waals surface area contributed by atoms with Crippen LogP contribution in [-0.4, -0.2) is 58.4 Å². The summed E-state index contributed by atoms with van der Waals surface area (Å²) in [5, 5.41) is 4.77. The van der Waals surface area contributed by atoms with Gasteiger partial charge in [0.15, 0.2) is 11.6 Å². The van der Waals surface area contributed by atoms with Crippen molar-refractivity contribution in [2.24, 2.45) is 5.92 Å². The first-order valence-corrected chi connectivity index (χ1v) is 11.9. The molecule has 1 saturated heterocycles. The number of rotatable bonds is 6. The summed E-state index contributed by atoms with van der Waals surface area (Å²) < 4.78 is 50.0. The highest BCUT2D eigenvalue weighted by atomic mass is 19.4. The number of hydrogen-bond donors (Lipinski definition) is 1. The van der Waals surface area contributed by atoms with Gasteiger partial charge in [0.05, 0.1) is 12.3 Å². The Morgan fingerprint density at radius 1 is 1.26 bits per heavy atom. The number of nitrogens with zero attached hydrogens (tertiary/aromatic N) is 4. The first kappa shape index (κ1) is 23.2. The van der Waals surface area contributed by atoms with E-state index in [-0.39, 0.29) is 11.9 Å². The van der Waals surface area contributed by atoms with E-state index >= 15 is 0 Å². The lowest BCUT2D eigenvalue weighted by molar-refractivity contribution is -0.274. The van der Waals surface area contributed by atoms with Crippen LogP contribution >= 0.6 is 0 Å². The van der Waals surface area contributed by atoms with E-state index in [1.165, 1.54) is 17.8 Å². The van der Waals surface area contributed by atoms with Gasteiger partial charge in [-0.2, -0.15) is 5.10 Å². The van der Waals surface area contributed by atoms with Crippen molar-refractivity contribution < 1.29 is 22.6 Å². The monoisotopic (exact) mass is 477 g/mol. The smallest absolute Gasteiger partial charge is 0.402 e. The molecule has 0 spiro atoms. The minimum absolute atomic E-state index is 0.164. The van der Waals surface area contributed by atoms with Gasteiger partial charge in [-0.15, -0.1) is 13.2 Å². The highest BCUT2D eigenvalue weighted by molar-refractivity contribution is 5.65. The predicted octanol–water partition coefficient (Wildman–Crippen LogP) is 4.53. The second-order valence-electron chi connectivity index (χ2n) is 9.37. The van der Waals surface area contributed by atoms with E-state index in [0.717, 1.165) is 51.3 Å². The van der Waals surface area contributed by atoms with Crippen molar-refractivity contribution in [1.82, 2.24) is 19.7 Å². The molecule has 4 unspecified atom stereocenters. The van der Waals surface area contributed by atoms with Crippen molar-refractivity contribution in [2.45, 2.75) is 57.5 Å². The molecule has 0 radical (unpaired) electrons. The third kappa shape index (κ3) is 4.53. The molecule has 0 amide bonds. The molecule has 0 bridgehead atoms. The third-order valence-electron chi connectivity index (χ3n) is 7.18. The number of pyridine rings is 1. The maximum absolute atomic E-state index is 12.8. The number of nitrogens with two attached hydrogens (primary N) is 1. The van der Waals surface area contributed by atoms with Gasteiger partial charge in [0.2, 0.25) is 0 Å². The zero-order valence-electron chi connectivity index (χ0n) is 19.4. The minimum Gasteiger partial charge on any atom is -0.402 e. The Morgan fingerprint density at radius 2 is 2.09 bits per heavy atom. The standard InChI is InChI=1S/C24H30F3N5O2/c1-3-14(2)32-20(22-17-10-16(11-18(17)22)31-5-4-7-33-8-6-31)12-19(30-32)15-9-21(23(28)29-13-15)34-24(25,26)27/h9-10,12-14,16,18,22H,3-8,11H2,1-2H3,(H2,28,29). The molecule has 2 N–H and O–H groups in total. The zero-order valence-corrected chi connectivity index (χ0v) is 19.4. The minimum atomic E-state index is -4.84. The van der Waals surface area contributed by atoms with E-state index in [4.69, 9.17) is 15.6 Å². The van der Waals surface area contributed by atoms with Crippen LogP contribution in [0.2, 0.25) is 0 Å². The van der Waals surface area contributed by atoms with E-state index in [9.17, 15) is 13.2 Å². The van der Waals surface area contributed by atoms with Crippen LogP contribution in [0, 0.1) is 5.92 Å². The summed E-state index contributed by atoms with van der Waals surface area (Å²) >= 11 is 0. The van der Waals surface area contributed by atoms with E-state index < -0.39 is 12.1 Å². The molecule has 1 saturated carbocycles. The number of alkyl halides is 3. The molecular formula is C24H30F3N5O2. The molecule has 5 rings (SSSR count). The Labute approximate surface area is 196 Å². The van der Waals surface area contributed by atoms with Crippen LogP contribution in [0.15, 0.2) is 30.0 Å². The van der Waals surface area contributed by atoms with E-state index in [1.807, 2.05) is 10.7 Å².